The molecule has 1 aromatic carbocycles. The number of aromatic nitrogens is 1. The van der Waals surface area contributed by atoms with Gasteiger partial charge in [-0.25, -0.2) is 8.42 Å². The summed E-state index contributed by atoms with van der Waals surface area (Å²) in [5, 5.41) is 9.20. The van der Waals surface area contributed by atoms with Crippen LogP contribution in [-0.4, -0.2) is 25.1 Å². The number of nitrogens with zero attached hydrogens (tertiary/aromatic N) is 2. The molecule has 0 saturated carbocycles. The number of hydrogen-bond acceptors (Lipinski definition) is 3. The maximum Gasteiger partial charge on any atom is 0.265 e. The zero-order valence-electron chi connectivity index (χ0n) is 12.7. The molecule has 0 aliphatic heterocycles. The summed E-state index contributed by atoms with van der Waals surface area (Å²) in [4.78, 5) is 0.177. The van der Waals surface area contributed by atoms with Crippen molar-refractivity contribution in [2.24, 2.45) is 7.05 Å². The number of anilines is 1. The molecule has 0 radical (unpaired) electrons. The van der Waals surface area contributed by atoms with Crippen molar-refractivity contribution in [3.63, 3.8) is 0 Å². The Morgan fingerprint density at radius 1 is 1.14 bits per heavy atom. The second kappa shape index (κ2) is 5.54. The molecule has 1 aromatic heterocycles. The molecule has 0 aliphatic carbocycles. The van der Waals surface area contributed by atoms with Crippen LogP contribution in [0.15, 0.2) is 35.4 Å². The van der Waals surface area contributed by atoms with E-state index in [2.05, 4.69) is 0 Å². The van der Waals surface area contributed by atoms with Crippen LogP contribution in [0.1, 0.15) is 16.8 Å². The fourth-order valence-electron chi connectivity index (χ4n) is 2.30. The van der Waals surface area contributed by atoms with E-state index in [1.165, 1.54) is 23.6 Å². The van der Waals surface area contributed by atoms with E-state index in [1.807, 2.05) is 32.0 Å². The monoisotopic (exact) mass is 308 g/mol. The molecular formula is C15H20N2O3S. The van der Waals surface area contributed by atoms with Gasteiger partial charge in [-0.1, -0.05) is 6.07 Å². The molecule has 2 rings (SSSR count). The maximum absolute atomic E-state index is 12.7. The molecule has 6 heteroatoms. The van der Waals surface area contributed by atoms with Crippen molar-refractivity contribution in [3.05, 3.63) is 47.3 Å². The summed E-state index contributed by atoms with van der Waals surface area (Å²) < 4.78 is 28.2. The molecule has 1 heterocycles. The molecular weight excluding hydrogens is 288 g/mol. The molecule has 21 heavy (non-hydrogen) atoms. The molecule has 0 bridgehead atoms. The van der Waals surface area contributed by atoms with Gasteiger partial charge in [0.2, 0.25) is 0 Å². The Balaban J connectivity index is 2.46. The van der Waals surface area contributed by atoms with Crippen molar-refractivity contribution in [1.82, 2.24) is 4.57 Å². The van der Waals surface area contributed by atoms with Crippen LogP contribution in [0.2, 0.25) is 0 Å². The van der Waals surface area contributed by atoms with Crippen molar-refractivity contribution in [2.45, 2.75) is 25.3 Å². The van der Waals surface area contributed by atoms with Crippen LogP contribution in [0.4, 0.5) is 5.69 Å². The Morgan fingerprint density at radius 2 is 1.71 bits per heavy atom. The first-order chi connectivity index (χ1) is 9.75. The highest BCUT2D eigenvalue weighted by atomic mass is 32.2. The lowest BCUT2D eigenvalue weighted by atomic mass is 10.1. The predicted molar refractivity (Wildman–Crippen MR) is 82.8 cm³/mol. The van der Waals surface area contributed by atoms with Gasteiger partial charge in [0.1, 0.15) is 4.90 Å². The van der Waals surface area contributed by atoms with Gasteiger partial charge in [-0.05, 0) is 43.2 Å². The van der Waals surface area contributed by atoms with Gasteiger partial charge in [-0.15, -0.1) is 0 Å². The summed E-state index contributed by atoms with van der Waals surface area (Å²) in [6, 6.07) is 7.16. The van der Waals surface area contributed by atoms with Crippen molar-refractivity contribution < 1.29 is 13.5 Å². The first kappa shape index (κ1) is 15.6. The van der Waals surface area contributed by atoms with Gasteiger partial charge in [0.25, 0.3) is 10.0 Å². The minimum atomic E-state index is -3.64. The molecule has 5 nitrogen and oxygen atoms in total. The molecule has 0 amide bonds. The van der Waals surface area contributed by atoms with Crippen LogP contribution in [0, 0.1) is 13.8 Å². The van der Waals surface area contributed by atoms with Crippen LogP contribution in [0.5, 0.6) is 0 Å². The molecule has 114 valence electrons. The number of aryl methyl sites for hydroxylation is 3. The average Bonchev–Trinajstić information content (AvgIpc) is 2.78. The first-order valence-corrected chi connectivity index (χ1v) is 8.03. The second-order valence-corrected chi connectivity index (χ2v) is 7.22. The van der Waals surface area contributed by atoms with E-state index in [4.69, 9.17) is 0 Å². The summed E-state index contributed by atoms with van der Waals surface area (Å²) in [6.07, 6.45) is 1.51. The van der Waals surface area contributed by atoms with Gasteiger partial charge in [0.05, 0.1) is 12.3 Å². The first-order valence-electron chi connectivity index (χ1n) is 6.59. The average molecular weight is 308 g/mol. The van der Waals surface area contributed by atoms with E-state index in [0.717, 1.165) is 11.1 Å². The third-order valence-corrected chi connectivity index (χ3v) is 5.22. The number of rotatable bonds is 4. The van der Waals surface area contributed by atoms with Crippen LogP contribution >= 0.6 is 0 Å². The van der Waals surface area contributed by atoms with Gasteiger partial charge in [-0.2, -0.15) is 0 Å². The van der Waals surface area contributed by atoms with Gasteiger partial charge in [0.15, 0.2) is 0 Å². The Morgan fingerprint density at radius 3 is 2.19 bits per heavy atom. The summed E-state index contributed by atoms with van der Waals surface area (Å²) in [5.41, 5.74) is 3.21. The van der Waals surface area contributed by atoms with Gasteiger partial charge < -0.3 is 9.67 Å². The standard InChI is InChI=1S/C15H20N2O3S/c1-11-5-12(2)7-13(6-11)17(4)21(19,20)15-8-14(10-18)16(3)9-15/h5-9,18H,10H2,1-4H3. The molecule has 1 N–H and O–H groups in total. The summed E-state index contributed by atoms with van der Waals surface area (Å²) in [6.45, 7) is 3.67. The number of aliphatic hydroxyl groups is 1. The lowest BCUT2D eigenvalue weighted by Crippen LogP contribution is -2.26. The van der Waals surface area contributed by atoms with E-state index in [9.17, 15) is 13.5 Å². The zero-order valence-corrected chi connectivity index (χ0v) is 13.5. The van der Waals surface area contributed by atoms with Crippen LogP contribution in [0.25, 0.3) is 0 Å². The van der Waals surface area contributed by atoms with Crippen molar-refractivity contribution in [2.75, 3.05) is 11.4 Å². The largest absolute Gasteiger partial charge is 0.390 e. The van der Waals surface area contributed by atoms with E-state index in [1.54, 1.807) is 11.6 Å². The summed E-state index contributed by atoms with van der Waals surface area (Å²) in [5.74, 6) is 0. The fraction of sp³-hybridized carbons (Fsp3) is 0.333. The van der Waals surface area contributed by atoms with Gasteiger partial charge in [0, 0.05) is 26.0 Å². The Hall–Kier alpha value is -1.79. The van der Waals surface area contributed by atoms with E-state index in [0.29, 0.717) is 11.4 Å². The lowest BCUT2D eigenvalue weighted by molar-refractivity contribution is 0.272. The molecule has 2 aromatic rings. The highest BCUT2D eigenvalue weighted by Gasteiger charge is 2.23. The highest BCUT2D eigenvalue weighted by Crippen LogP contribution is 2.25. The third kappa shape index (κ3) is 2.96. The fourth-order valence-corrected chi connectivity index (χ4v) is 3.58. The number of benzene rings is 1. The van der Waals surface area contributed by atoms with Crippen LogP contribution in [0.3, 0.4) is 0 Å². The summed E-state index contributed by atoms with van der Waals surface area (Å²) in [7, 11) is -0.389. The molecule has 0 unspecified atom stereocenters. The molecule has 0 saturated heterocycles. The molecule has 0 atom stereocenters. The predicted octanol–water partition coefficient (Wildman–Crippen LogP) is 1.96. The van der Waals surface area contributed by atoms with Crippen LogP contribution < -0.4 is 4.31 Å². The van der Waals surface area contributed by atoms with Crippen molar-refractivity contribution in [3.8, 4) is 0 Å². The Bertz CT molecular complexity index is 743. The van der Waals surface area contributed by atoms with E-state index in [-0.39, 0.29) is 11.5 Å². The minimum absolute atomic E-state index is 0.177. The summed E-state index contributed by atoms with van der Waals surface area (Å²) >= 11 is 0. The van der Waals surface area contributed by atoms with Crippen LogP contribution in [-0.2, 0) is 23.7 Å². The Kier molecular flexibility index (Phi) is 4.11. The van der Waals surface area contributed by atoms with Crippen molar-refractivity contribution >= 4 is 15.7 Å². The van der Waals surface area contributed by atoms with Gasteiger partial charge >= 0.3 is 0 Å². The van der Waals surface area contributed by atoms with Gasteiger partial charge in [-0.3, -0.25) is 4.31 Å². The second-order valence-electron chi connectivity index (χ2n) is 5.25. The third-order valence-electron chi connectivity index (χ3n) is 3.47. The van der Waals surface area contributed by atoms with E-state index < -0.39 is 10.0 Å². The Labute approximate surface area is 125 Å². The topological polar surface area (TPSA) is 62.5 Å². The molecule has 0 aliphatic rings. The smallest absolute Gasteiger partial charge is 0.265 e. The molecule has 0 fully saturated rings. The minimum Gasteiger partial charge on any atom is -0.390 e. The number of aliphatic hydroxyl groups excluding tert-OH is 1. The lowest BCUT2D eigenvalue weighted by Gasteiger charge is -2.19. The number of sulfonamides is 1. The maximum atomic E-state index is 12.7. The normalized spacial score (nSPS) is 11.7. The number of hydrogen-bond donors (Lipinski definition) is 1. The van der Waals surface area contributed by atoms with E-state index >= 15 is 0 Å². The zero-order chi connectivity index (χ0) is 15.8. The molecule has 0 spiro atoms. The van der Waals surface area contributed by atoms with Crippen molar-refractivity contribution in [1.29, 1.82) is 0 Å². The SMILES string of the molecule is Cc1cc(C)cc(N(C)S(=O)(=O)c2cc(CO)n(C)c2)c1. The highest BCUT2D eigenvalue weighted by molar-refractivity contribution is 7.92. The quantitative estimate of drug-likeness (QED) is 0.939.